The number of aromatic carboxylic acids is 1. The zero-order valence-electron chi connectivity index (χ0n) is 14.9. The van der Waals surface area contributed by atoms with Crippen molar-refractivity contribution in [2.45, 2.75) is 38.1 Å². The molecule has 1 aromatic rings. The van der Waals surface area contributed by atoms with E-state index in [0.29, 0.717) is 12.4 Å². The Morgan fingerprint density at radius 3 is 2.38 bits per heavy atom. The van der Waals surface area contributed by atoms with Gasteiger partial charge in [-0.2, -0.15) is 0 Å². The Morgan fingerprint density at radius 1 is 1.08 bits per heavy atom. The van der Waals surface area contributed by atoms with Gasteiger partial charge in [0.1, 0.15) is 12.4 Å². The second-order valence-electron chi connectivity index (χ2n) is 6.75. The minimum Gasteiger partial charge on any atom is -0.492 e. The van der Waals surface area contributed by atoms with Crippen LogP contribution in [0.4, 0.5) is 0 Å². The third kappa shape index (κ3) is 6.13. The molecule has 0 unspecified atom stereocenters. The van der Waals surface area contributed by atoms with Gasteiger partial charge in [-0.3, -0.25) is 0 Å². The fourth-order valence-electron chi connectivity index (χ4n) is 3.16. The van der Waals surface area contributed by atoms with Gasteiger partial charge >= 0.3 is 5.97 Å². The molecule has 1 aliphatic rings. The third-order valence-corrected chi connectivity index (χ3v) is 4.88. The van der Waals surface area contributed by atoms with E-state index in [-0.39, 0.29) is 5.56 Å². The van der Waals surface area contributed by atoms with Gasteiger partial charge in [0.15, 0.2) is 0 Å². The normalized spacial score (nSPS) is 15.8. The summed E-state index contributed by atoms with van der Waals surface area (Å²) < 4.78 is 5.69. The summed E-state index contributed by atoms with van der Waals surface area (Å²) in [5.41, 5.74) is 0.283. The Hall–Kier alpha value is -1.59. The molecule has 0 radical (unpaired) electrons. The summed E-state index contributed by atoms with van der Waals surface area (Å²) in [6.07, 6.45) is 6.83. The molecule has 5 nitrogen and oxygen atoms in total. The van der Waals surface area contributed by atoms with Gasteiger partial charge in [-0.15, -0.1) is 0 Å². The Bertz CT molecular complexity index is 498. The first-order valence-electron chi connectivity index (χ1n) is 8.91. The Morgan fingerprint density at radius 2 is 1.75 bits per heavy atom. The number of carbonyl (C=O) groups is 1. The van der Waals surface area contributed by atoms with Gasteiger partial charge in [0.05, 0.1) is 5.56 Å². The first-order valence-corrected chi connectivity index (χ1v) is 8.91. The molecule has 0 aliphatic heterocycles. The van der Waals surface area contributed by atoms with Crippen molar-refractivity contribution < 1.29 is 14.6 Å². The maximum Gasteiger partial charge on any atom is 0.335 e. The van der Waals surface area contributed by atoms with E-state index in [1.165, 1.54) is 32.1 Å². The number of carboxylic acids is 1. The molecular formula is C19H30N2O3. The molecule has 0 amide bonds. The zero-order chi connectivity index (χ0) is 17.4. The van der Waals surface area contributed by atoms with Crippen LogP contribution in [-0.2, 0) is 0 Å². The van der Waals surface area contributed by atoms with Crippen LogP contribution in [0.15, 0.2) is 24.3 Å². The van der Waals surface area contributed by atoms with Gasteiger partial charge < -0.3 is 19.6 Å². The number of ether oxygens (including phenoxy) is 1. The summed E-state index contributed by atoms with van der Waals surface area (Å²) in [4.78, 5) is 15.6. The average molecular weight is 334 g/mol. The molecule has 0 spiro atoms. The standard InChI is InChI=1S/C19H30N2O3/c1-20(12-13-21(2)17-6-4-3-5-7-17)14-15-24-18-10-8-16(9-11-18)19(22)23/h8-11,17H,3-7,12-15H2,1-2H3,(H,22,23). The monoisotopic (exact) mass is 334 g/mol. The van der Waals surface area contributed by atoms with E-state index >= 15 is 0 Å². The highest BCUT2D eigenvalue weighted by Crippen LogP contribution is 2.21. The SMILES string of the molecule is CN(CCOc1ccc(C(=O)O)cc1)CCN(C)C1CCCCC1. The minimum absolute atomic E-state index is 0.283. The molecule has 1 fully saturated rings. The van der Waals surface area contributed by atoms with E-state index in [1.54, 1.807) is 24.3 Å². The predicted octanol–water partition coefficient (Wildman–Crippen LogP) is 2.96. The lowest BCUT2D eigenvalue weighted by Gasteiger charge is -2.32. The molecule has 1 aliphatic carbocycles. The highest BCUT2D eigenvalue weighted by Gasteiger charge is 2.17. The van der Waals surface area contributed by atoms with Crippen molar-refractivity contribution in [3.8, 4) is 5.75 Å². The number of carboxylic acid groups (broad SMARTS) is 1. The maximum absolute atomic E-state index is 10.8. The predicted molar refractivity (Wildman–Crippen MR) is 95.9 cm³/mol. The molecule has 0 saturated heterocycles. The molecule has 0 bridgehead atoms. The van der Waals surface area contributed by atoms with Crippen LogP contribution in [0.5, 0.6) is 5.75 Å². The summed E-state index contributed by atoms with van der Waals surface area (Å²) in [5, 5.41) is 8.87. The van der Waals surface area contributed by atoms with Gasteiger partial charge in [-0.25, -0.2) is 4.79 Å². The van der Waals surface area contributed by atoms with Gasteiger partial charge in [-0.1, -0.05) is 19.3 Å². The first kappa shape index (κ1) is 18.7. The van der Waals surface area contributed by atoms with Gasteiger partial charge in [0.25, 0.3) is 0 Å². The maximum atomic E-state index is 10.8. The lowest BCUT2D eigenvalue weighted by atomic mass is 9.94. The van der Waals surface area contributed by atoms with Crippen molar-refractivity contribution >= 4 is 5.97 Å². The van der Waals surface area contributed by atoms with Gasteiger partial charge in [0, 0.05) is 25.7 Å². The van der Waals surface area contributed by atoms with E-state index in [1.807, 2.05) is 0 Å². The molecule has 5 heteroatoms. The number of hydrogen-bond acceptors (Lipinski definition) is 4. The summed E-state index contributed by atoms with van der Waals surface area (Å²) in [6.45, 7) is 3.60. The Kier molecular flexibility index (Phi) is 7.53. The topological polar surface area (TPSA) is 53.0 Å². The van der Waals surface area contributed by atoms with Gasteiger partial charge in [0.2, 0.25) is 0 Å². The van der Waals surface area contributed by atoms with E-state index in [4.69, 9.17) is 9.84 Å². The van der Waals surface area contributed by atoms with Crippen LogP contribution in [0, 0.1) is 0 Å². The molecule has 0 atom stereocenters. The summed E-state index contributed by atoms with van der Waals surface area (Å²) in [5.74, 6) is -0.198. The van der Waals surface area contributed by atoms with Crippen LogP contribution in [0.2, 0.25) is 0 Å². The van der Waals surface area contributed by atoms with Crippen LogP contribution < -0.4 is 4.74 Å². The Labute approximate surface area is 145 Å². The van der Waals surface area contributed by atoms with Crippen molar-refractivity contribution in [2.24, 2.45) is 0 Å². The number of hydrogen-bond donors (Lipinski definition) is 1. The fourth-order valence-corrected chi connectivity index (χ4v) is 3.16. The first-order chi connectivity index (χ1) is 11.6. The number of likely N-dealkylation sites (N-methyl/N-ethyl adjacent to an activating group) is 2. The second kappa shape index (κ2) is 9.64. The number of rotatable bonds is 9. The van der Waals surface area contributed by atoms with E-state index in [9.17, 15) is 4.79 Å². The molecule has 2 rings (SSSR count). The van der Waals surface area contributed by atoms with Crippen molar-refractivity contribution in [1.29, 1.82) is 0 Å². The van der Waals surface area contributed by atoms with Crippen LogP contribution in [-0.4, -0.2) is 67.3 Å². The van der Waals surface area contributed by atoms with Crippen molar-refractivity contribution in [2.75, 3.05) is 40.3 Å². The zero-order valence-corrected chi connectivity index (χ0v) is 14.9. The lowest BCUT2D eigenvalue weighted by Crippen LogP contribution is -2.39. The largest absolute Gasteiger partial charge is 0.492 e. The van der Waals surface area contributed by atoms with Crippen molar-refractivity contribution in [3.05, 3.63) is 29.8 Å². The van der Waals surface area contributed by atoms with Crippen LogP contribution in [0.1, 0.15) is 42.5 Å². The van der Waals surface area contributed by atoms with E-state index < -0.39 is 5.97 Å². The highest BCUT2D eigenvalue weighted by atomic mass is 16.5. The van der Waals surface area contributed by atoms with Crippen LogP contribution >= 0.6 is 0 Å². The van der Waals surface area contributed by atoms with E-state index in [0.717, 1.165) is 25.7 Å². The molecule has 1 aromatic carbocycles. The van der Waals surface area contributed by atoms with Crippen molar-refractivity contribution in [3.63, 3.8) is 0 Å². The molecule has 134 valence electrons. The molecular weight excluding hydrogens is 304 g/mol. The number of nitrogens with zero attached hydrogens (tertiary/aromatic N) is 2. The second-order valence-corrected chi connectivity index (χ2v) is 6.75. The highest BCUT2D eigenvalue weighted by molar-refractivity contribution is 5.87. The summed E-state index contributed by atoms with van der Waals surface area (Å²) in [7, 11) is 4.36. The van der Waals surface area contributed by atoms with Crippen molar-refractivity contribution in [1.82, 2.24) is 9.80 Å². The molecule has 1 N–H and O–H groups in total. The smallest absolute Gasteiger partial charge is 0.335 e. The van der Waals surface area contributed by atoms with Crippen LogP contribution in [0.25, 0.3) is 0 Å². The lowest BCUT2D eigenvalue weighted by molar-refractivity contribution is 0.0697. The summed E-state index contributed by atoms with van der Waals surface area (Å²) in [6, 6.07) is 7.32. The Balaban J connectivity index is 1.62. The minimum atomic E-state index is -0.914. The number of benzene rings is 1. The van der Waals surface area contributed by atoms with Crippen LogP contribution in [0.3, 0.4) is 0 Å². The fraction of sp³-hybridized carbons (Fsp3) is 0.632. The molecule has 24 heavy (non-hydrogen) atoms. The quantitative estimate of drug-likeness (QED) is 0.752. The molecule has 0 heterocycles. The van der Waals surface area contributed by atoms with Gasteiger partial charge in [-0.05, 0) is 51.2 Å². The summed E-state index contributed by atoms with van der Waals surface area (Å²) >= 11 is 0. The molecule has 0 aromatic heterocycles. The molecule has 1 saturated carbocycles. The average Bonchev–Trinajstić information content (AvgIpc) is 2.61. The third-order valence-electron chi connectivity index (χ3n) is 4.88. The van der Waals surface area contributed by atoms with E-state index in [2.05, 4.69) is 23.9 Å².